The SMILES string of the molecule is O=C(Nc1ccccc1)C1CCN(C(=O)C[C@@H]2C=CCC2)CC1. The fraction of sp³-hybridized carbons (Fsp3) is 0.474. The maximum Gasteiger partial charge on any atom is 0.227 e. The molecule has 1 aromatic carbocycles. The van der Waals surface area contributed by atoms with Gasteiger partial charge in [0.1, 0.15) is 0 Å². The van der Waals surface area contributed by atoms with Gasteiger partial charge in [0.25, 0.3) is 0 Å². The summed E-state index contributed by atoms with van der Waals surface area (Å²) < 4.78 is 0. The lowest BCUT2D eigenvalue weighted by Gasteiger charge is -2.32. The molecule has 23 heavy (non-hydrogen) atoms. The number of hydrogen-bond donors (Lipinski definition) is 1. The van der Waals surface area contributed by atoms with Gasteiger partial charge in [0.15, 0.2) is 0 Å². The Kier molecular flexibility index (Phi) is 5.11. The fourth-order valence-electron chi connectivity index (χ4n) is 3.38. The molecule has 2 aliphatic rings. The maximum atomic E-state index is 12.3. The van der Waals surface area contributed by atoms with Crippen molar-refractivity contribution in [2.75, 3.05) is 18.4 Å². The Morgan fingerprint density at radius 2 is 1.83 bits per heavy atom. The van der Waals surface area contributed by atoms with Crippen molar-refractivity contribution in [2.45, 2.75) is 32.1 Å². The van der Waals surface area contributed by atoms with Crippen molar-refractivity contribution in [1.29, 1.82) is 0 Å². The molecule has 1 fully saturated rings. The zero-order valence-electron chi connectivity index (χ0n) is 13.4. The Balaban J connectivity index is 1.45. The first kappa shape index (κ1) is 15.8. The Labute approximate surface area is 137 Å². The molecule has 0 saturated carbocycles. The van der Waals surface area contributed by atoms with Crippen molar-refractivity contribution in [1.82, 2.24) is 4.90 Å². The topological polar surface area (TPSA) is 49.4 Å². The van der Waals surface area contributed by atoms with E-state index >= 15 is 0 Å². The van der Waals surface area contributed by atoms with Crippen LogP contribution in [0.1, 0.15) is 32.1 Å². The molecule has 0 radical (unpaired) electrons. The molecule has 1 atom stereocenters. The molecule has 1 aliphatic carbocycles. The molecular weight excluding hydrogens is 288 g/mol. The molecule has 4 nitrogen and oxygen atoms in total. The second kappa shape index (κ2) is 7.44. The molecule has 1 aromatic rings. The number of piperidine rings is 1. The molecule has 0 spiro atoms. The number of hydrogen-bond acceptors (Lipinski definition) is 2. The molecule has 1 heterocycles. The van der Waals surface area contributed by atoms with Crippen LogP contribution in [-0.2, 0) is 9.59 Å². The Bertz CT molecular complexity index is 574. The average Bonchev–Trinajstić information content (AvgIpc) is 3.09. The number of likely N-dealkylation sites (tertiary alicyclic amines) is 1. The Morgan fingerprint density at radius 3 is 2.48 bits per heavy atom. The van der Waals surface area contributed by atoms with Crippen LogP contribution in [0, 0.1) is 11.8 Å². The van der Waals surface area contributed by atoms with Gasteiger partial charge in [-0.05, 0) is 43.7 Å². The van der Waals surface area contributed by atoms with E-state index in [1.165, 1.54) is 0 Å². The first-order valence-electron chi connectivity index (χ1n) is 8.53. The lowest BCUT2D eigenvalue weighted by atomic mass is 9.95. The molecular formula is C19H24N2O2. The first-order valence-corrected chi connectivity index (χ1v) is 8.53. The molecule has 4 heteroatoms. The normalized spacial score (nSPS) is 21.4. The van der Waals surface area contributed by atoms with E-state index < -0.39 is 0 Å². The number of carbonyl (C=O) groups is 2. The van der Waals surface area contributed by atoms with Crippen LogP contribution in [0.25, 0.3) is 0 Å². The quantitative estimate of drug-likeness (QED) is 0.868. The molecule has 1 saturated heterocycles. The van der Waals surface area contributed by atoms with E-state index in [0.717, 1.165) is 31.4 Å². The fourth-order valence-corrected chi connectivity index (χ4v) is 3.38. The number of amides is 2. The first-order chi connectivity index (χ1) is 11.2. The minimum absolute atomic E-state index is 0.00522. The third kappa shape index (κ3) is 4.21. The number of anilines is 1. The summed E-state index contributed by atoms with van der Waals surface area (Å²) in [4.78, 5) is 26.5. The number of nitrogens with one attached hydrogen (secondary N) is 1. The van der Waals surface area contributed by atoms with Gasteiger partial charge in [-0.25, -0.2) is 0 Å². The zero-order chi connectivity index (χ0) is 16.1. The van der Waals surface area contributed by atoms with E-state index in [0.29, 0.717) is 25.4 Å². The summed E-state index contributed by atoms with van der Waals surface area (Å²) in [5.74, 6) is 0.734. The minimum Gasteiger partial charge on any atom is -0.343 e. The molecule has 0 bridgehead atoms. The number of allylic oxidation sites excluding steroid dienone is 2. The van der Waals surface area contributed by atoms with Crippen LogP contribution in [0.15, 0.2) is 42.5 Å². The molecule has 3 rings (SSSR count). The van der Waals surface area contributed by atoms with Crippen LogP contribution >= 0.6 is 0 Å². The van der Waals surface area contributed by atoms with E-state index in [4.69, 9.17) is 0 Å². The summed E-state index contributed by atoms with van der Waals surface area (Å²) >= 11 is 0. The van der Waals surface area contributed by atoms with Gasteiger partial charge in [0.05, 0.1) is 0 Å². The van der Waals surface area contributed by atoms with Gasteiger partial charge in [0.2, 0.25) is 11.8 Å². The molecule has 2 amide bonds. The van der Waals surface area contributed by atoms with Crippen molar-refractivity contribution in [3.8, 4) is 0 Å². The van der Waals surface area contributed by atoms with Crippen LogP contribution < -0.4 is 5.32 Å². The van der Waals surface area contributed by atoms with Crippen LogP contribution in [0.3, 0.4) is 0 Å². The highest BCUT2D eigenvalue weighted by atomic mass is 16.2. The minimum atomic E-state index is 0.00522. The van der Waals surface area contributed by atoms with E-state index in [9.17, 15) is 9.59 Å². The molecule has 1 aliphatic heterocycles. The largest absolute Gasteiger partial charge is 0.343 e. The van der Waals surface area contributed by atoms with Gasteiger partial charge < -0.3 is 10.2 Å². The van der Waals surface area contributed by atoms with Gasteiger partial charge >= 0.3 is 0 Å². The van der Waals surface area contributed by atoms with Gasteiger partial charge in [-0.3, -0.25) is 9.59 Å². The molecule has 1 N–H and O–H groups in total. The van der Waals surface area contributed by atoms with E-state index in [-0.39, 0.29) is 17.7 Å². The van der Waals surface area contributed by atoms with Crippen molar-refractivity contribution in [3.05, 3.63) is 42.5 Å². The summed E-state index contributed by atoms with van der Waals surface area (Å²) in [6, 6.07) is 9.54. The van der Waals surface area contributed by atoms with Crippen molar-refractivity contribution >= 4 is 17.5 Å². The second-order valence-electron chi connectivity index (χ2n) is 6.48. The van der Waals surface area contributed by atoms with E-state index in [2.05, 4.69) is 17.5 Å². The number of carbonyl (C=O) groups excluding carboxylic acids is 2. The van der Waals surface area contributed by atoms with Crippen LogP contribution in [0.2, 0.25) is 0 Å². The summed E-state index contributed by atoms with van der Waals surface area (Å²) in [6.45, 7) is 1.39. The highest BCUT2D eigenvalue weighted by molar-refractivity contribution is 5.92. The monoisotopic (exact) mass is 312 g/mol. The van der Waals surface area contributed by atoms with Gasteiger partial charge in [-0.15, -0.1) is 0 Å². The Morgan fingerprint density at radius 1 is 1.09 bits per heavy atom. The highest BCUT2D eigenvalue weighted by Gasteiger charge is 2.28. The van der Waals surface area contributed by atoms with Crippen molar-refractivity contribution < 1.29 is 9.59 Å². The molecule has 0 aromatic heterocycles. The van der Waals surface area contributed by atoms with E-state index in [1.54, 1.807) is 0 Å². The standard InChI is InChI=1S/C19H24N2O2/c22-18(14-15-6-4-5-7-15)21-12-10-16(11-13-21)19(23)20-17-8-2-1-3-9-17/h1-4,6,8-9,15-16H,5,7,10-14H2,(H,20,23)/t15-/m1/s1. The van der Waals surface area contributed by atoms with Crippen molar-refractivity contribution in [2.24, 2.45) is 11.8 Å². The Hall–Kier alpha value is -2.10. The third-order valence-corrected chi connectivity index (χ3v) is 4.81. The number of rotatable bonds is 4. The van der Waals surface area contributed by atoms with Crippen LogP contribution in [0.5, 0.6) is 0 Å². The molecule has 122 valence electrons. The summed E-state index contributed by atoms with van der Waals surface area (Å²) in [6.07, 6.45) is 8.66. The average molecular weight is 312 g/mol. The van der Waals surface area contributed by atoms with Gasteiger partial charge in [-0.2, -0.15) is 0 Å². The van der Waals surface area contributed by atoms with Crippen LogP contribution in [-0.4, -0.2) is 29.8 Å². The lowest BCUT2D eigenvalue weighted by molar-refractivity contribution is -0.135. The maximum absolute atomic E-state index is 12.3. The number of nitrogens with zero attached hydrogens (tertiary/aromatic N) is 1. The van der Waals surface area contributed by atoms with Crippen molar-refractivity contribution in [3.63, 3.8) is 0 Å². The lowest BCUT2D eigenvalue weighted by Crippen LogP contribution is -2.41. The third-order valence-electron chi connectivity index (χ3n) is 4.81. The number of benzene rings is 1. The van der Waals surface area contributed by atoms with Crippen LogP contribution in [0.4, 0.5) is 5.69 Å². The van der Waals surface area contributed by atoms with E-state index in [1.807, 2.05) is 35.2 Å². The summed E-state index contributed by atoms with van der Waals surface area (Å²) in [7, 11) is 0. The summed E-state index contributed by atoms with van der Waals surface area (Å²) in [5.41, 5.74) is 0.837. The smallest absolute Gasteiger partial charge is 0.227 e. The highest BCUT2D eigenvalue weighted by Crippen LogP contribution is 2.24. The second-order valence-corrected chi connectivity index (χ2v) is 6.48. The molecule has 0 unspecified atom stereocenters. The van der Waals surface area contributed by atoms with Gasteiger partial charge in [-0.1, -0.05) is 30.4 Å². The number of para-hydroxylation sites is 1. The van der Waals surface area contributed by atoms with Gasteiger partial charge in [0, 0.05) is 31.1 Å². The summed E-state index contributed by atoms with van der Waals surface area (Å²) in [5, 5.41) is 2.96. The predicted octanol–water partition coefficient (Wildman–Crippen LogP) is 3.22. The predicted molar refractivity (Wildman–Crippen MR) is 90.9 cm³/mol. The zero-order valence-corrected chi connectivity index (χ0v) is 13.4.